The van der Waals surface area contributed by atoms with E-state index in [0.717, 1.165) is 0 Å². The molecule has 1 amide bonds. The lowest BCUT2D eigenvalue weighted by Gasteiger charge is -2.49. The minimum absolute atomic E-state index is 0.112. The summed E-state index contributed by atoms with van der Waals surface area (Å²) in [7, 11) is 5.36. The molecule has 14 nitrogen and oxygen atoms in total. The molecule has 0 saturated carbocycles. The number of carbonyl (C=O) groups excluding carboxylic acids is 5. The number of rotatable bonds is 5. The summed E-state index contributed by atoms with van der Waals surface area (Å²) < 4.78 is 43.8. The predicted octanol–water partition coefficient (Wildman–Crippen LogP) is 3.16. The fourth-order valence-corrected chi connectivity index (χ4v) is 8.79. The Morgan fingerprint density at radius 3 is 2.28 bits per heavy atom. The highest BCUT2D eigenvalue weighted by molar-refractivity contribution is 5.85. The third kappa shape index (κ3) is 7.89. The van der Waals surface area contributed by atoms with Crippen molar-refractivity contribution in [2.24, 2.45) is 23.7 Å². The molecule has 4 rings (SSSR count). The van der Waals surface area contributed by atoms with Gasteiger partial charge in [-0.2, -0.15) is 0 Å². The average Bonchev–Trinajstić information content (AvgIpc) is 3.29. The molecule has 0 aromatic carbocycles. The Bertz CT molecular complexity index is 1290. The van der Waals surface area contributed by atoms with Crippen LogP contribution in [0.1, 0.15) is 81.6 Å². The molecule has 0 aromatic rings. The number of likely N-dealkylation sites (N-methyl/N-ethyl adjacent to an activating group) is 2. The van der Waals surface area contributed by atoms with E-state index in [1.807, 2.05) is 39.8 Å². The standard InChI is InChI=1S/C36H58N2O12/c1-13-26-36(9)30(38(12)34(43)50-36)20(4)27(41)18(2)15-35(8)31(21(5)28(22(6)32(42)48-26)44-16-24(40)17-45-35)49-33-29(47-23(7)39)25(37(10)11)14-19(3)46-33/h18-22,25-26,28-31,33H,13-17H2,1-12H3/t18-,19-,20+,21+,22-,25+,26-,28-,29-,30-,31-,33+,35+,36-/m1/s1. The van der Waals surface area contributed by atoms with Crippen LogP contribution >= 0.6 is 0 Å². The van der Waals surface area contributed by atoms with E-state index in [4.69, 9.17) is 33.2 Å². The third-order valence-electron chi connectivity index (χ3n) is 11.3. The number of fused-ring (bicyclic) bond motifs is 4. The molecule has 0 radical (unpaired) electrons. The third-order valence-corrected chi connectivity index (χ3v) is 11.3. The van der Waals surface area contributed by atoms with Crippen molar-refractivity contribution in [1.82, 2.24) is 9.80 Å². The molecular weight excluding hydrogens is 652 g/mol. The fourth-order valence-electron chi connectivity index (χ4n) is 8.79. The van der Waals surface area contributed by atoms with E-state index in [1.165, 1.54) is 11.8 Å². The van der Waals surface area contributed by atoms with Crippen LogP contribution in [0.25, 0.3) is 0 Å². The first-order valence-corrected chi connectivity index (χ1v) is 17.9. The molecule has 14 atom stereocenters. The van der Waals surface area contributed by atoms with E-state index >= 15 is 0 Å². The van der Waals surface area contributed by atoms with E-state index in [9.17, 15) is 24.0 Å². The first-order valence-electron chi connectivity index (χ1n) is 17.9. The maximum Gasteiger partial charge on any atom is 0.410 e. The summed E-state index contributed by atoms with van der Waals surface area (Å²) in [5.74, 6) is -4.58. The largest absolute Gasteiger partial charge is 0.458 e. The zero-order chi connectivity index (χ0) is 37.5. The molecule has 284 valence electrons. The van der Waals surface area contributed by atoms with Crippen LogP contribution in [0.3, 0.4) is 0 Å². The molecule has 0 aromatic heterocycles. The maximum absolute atomic E-state index is 14.4. The second-order valence-corrected chi connectivity index (χ2v) is 15.5. The molecule has 4 fully saturated rings. The van der Waals surface area contributed by atoms with Crippen molar-refractivity contribution in [2.45, 2.75) is 142 Å². The summed E-state index contributed by atoms with van der Waals surface area (Å²) in [4.78, 5) is 70.4. The maximum atomic E-state index is 14.4. The van der Waals surface area contributed by atoms with Gasteiger partial charge >= 0.3 is 18.0 Å². The first kappa shape index (κ1) is 40.1. The summed E-state index contributed by atoms with van der Waals surface area (Å²) in [5, 5.41) is 0. The van der Waals surface area contributed by atoms with E-state index < -0.39 is 89.7 Å². The molecule has 0 spiro atoms. The van der Waals surface area contributed by atoms with Gasteiger partial charge < -0.3 is 43.0 Å². The van der Waals surface area contributed by atoms with Gasteiger partial charge in [0.05, 0.1) is 41.9 Å². The number of cyclic esters (lactones) is 1. The van der Waals surface area contributed by atoms with Crippen molar-refractivity contribution in [3.05, 3.63) is 0 Å². The van der Waals surface area contributed by atoms with Crippen LogP contribution in [-0.2, 0) is 52.3 Å². The number of carbonyl (C=O) groups is 5. The van der Waals surface area contributed by atoms with Crippen LogP contribution < -0.4 is 0 Å². The second-order valence-electron chi connectivity index (χ2n) is 15.5. The van der Waals surface area contributed by atoms with E-state index in [0.29, 0.717) is 12.8 Å². The number of amides is 1. The van der Waals surface area contributed by atoms with Crippen LogP contribution in [0.4, 0.5) is 4.79 Å². The highest BCUT2D eigenvalue weighted by Crippen LogP contribution is 2.43. The minimum Gasteiger partial charge on any atom is -0.458 e. The van der Waals surface area contributed by atoms with E-state index in [1.54, 1.807) is 41.7 Å². The lowest BCUT2D eigenvalue weighted by atomic mass is 9.73. The zero-order valence-corrected chi connectivity index (χ0v) is 31.8. The van der Waals surface area contributed by atoms with Crippen molar-refractivity contribution in [3.8, 4) is 0 Å². The minimum atomic E-state index is -1.32. The van der Waals surface area contributed by atoms with Crippen molar-refractivity contribution in [3.63, 3.8) is 0 Å². The number of esters is 2. The summed E-state index contributed by atoms with van der Waals surface area (Å²) in [5.41, 5.74) is -2.64. The number of Topliss-reactive ketones (excluding diaryl/α,β-unsaturated/α-hetero) is 2. The molecule has 0 aliphatic carbocycles. The summed E-state index contributed by atoms with van der Waals surface area (Å²) in [6.07, 6.45) is -4.52. The van der Waals surface area contributed by atoms with Gasteiger partial charge in [-0.1, -0.05) is 27.7 Å². The molecule has 4 aliphatic rings. The smallest absolute Gasteiger partial charge is 0.410 e. The average molecular weight is 711 g/mol. The number of ketones is 2. The van der Waals surface area contributed by atoms with Crippen LogP contribution in [0, 0.1) is 23.7 Å². The summed E-state index contributed by atoms with van der Waals surface area (Å²) in [6.45, 7) is 15.0. The molecule has 4 aliphatic heterocycles. The molecular formula is C36H58N2O12. The number of ether oxygens (including phenoxy) is 7. The molecule has 14 heteroatoms. The second kappa shape index (κ2) is 15.5. The fraction of sp³-hybridized carbons (Fsp3) is 0.861. The quantitative estimate of drug-likeness (QED) is 0.303. The molecule has 4 saturated heterocycles. The zero-order valence-electron chi connectivity index (χ0n) is 31.8. The van der Waals surface area contributed by atoms with Gasteiger partial charge in [-0.15, -0.1) is 0 Å². The summed E-state index contributed by atoms with van der Waals surface area (Å²) in [6, 6.07) is -0.991. The van der Waals surface area contributed by atoms with Crippen LogP contribution in [-0.4, -0.2) is 134 Å². The monoisotopic (exact) mass is 710 g/mol. The van der Waals surface area contributed by atoms with Gasteiger partial charge in [0, 0.05) is 31.7 Å². The number of hydrogen-bond donors (Lipinski definition) is 0. The predicted molar refractivity (Wildman–Crippen MR) is 179 cm³/mol. The highest BCUT2D eigenvalue weighted by atomic mass is 16.7. The molecule has 2 bridgehead atoms. The number of nitrogens with zero attached hydrogens (tertiary/aromatic N) is 2. The van der Waals surface area contributed by atoms with E-state index in [-0.39, 0.29) is 43.3 Å². The van der Waals surface area contributed by atoms with Gasteiger partial charge in [-0.05, 0) is 61.1 Å². The van der Waals surface area contributed by atoms with Crippen molar-refractivity contribution < 1.29 is 57.1 Å². The lowest BCUT2D eigenvalue weighted by Crippen LogP contribution is -2.61. The Morgan fingerprint density at radius 2 is 1.68 bits per heavy atom. The Kier molecular flexibility index (Phi) is 12.5. The lowest BCUT2D eigenvalue weighted by molar-refractivity contribution is -0.304. The van der Waals surface area contributed by atoms with Gasteiger partial charge in [-0.25, -0.2) is 4.79 Å². The van der Waals surface area contributed by atoms with Crippen LogP contribution in [0.2, 0.25) is 0 Å². The number of hydrogen-bond acceptors (Lipinski definition) is 13. The van der Waals surface area contributed by atoms with Gasteiger partial charge in [0.1, 0.15) is 25.1 Å². The van der Waals surface area contributed by atoms with Crippen molar-refractivity contribution in [2.75, 3.05) is 34.4 Å². The van der Waals surface area contributed by atoms with Crippen LogP contribution in [0.5, 0.6) is 0 Å². The Hall–Kier alpha value is -2.65. The van der Waals surface area contributed by atoms with Gasteiger partial charge in [-0.3, -0.25) is 19.2 Å². The Labute approximate surface area is 296 Å². The van der Waals surface area contributed by atoms with Crippen molar-refractivity contribution in [1.29, 1.82) is 0 Å². The molecule has 4 heterocycles. The van der Waals surface area contributed by atoms with Gasteiger partial charge in [0.15, 0.2) is 23.8 Å². The molecule has 50 heavy (non-hydrogen) atoms. The SMILES string of the molecule is CC[C@H]1OC(=O)[C@H](C)[C@@H]2OCC(=O)CO[C@@](C)(C[C@@H](C)C(=O)[C@H](C)[C@H]3N(C)C(=O)O[C@]13C)[C@H](O[C@@H]1O[C@H](C)C[C@H](N(C)C)[C@H]1OC(C)=O)[C@H]2C. The first-order chi connectivity index (χ1) is 23.2. The Morgan fingerprint density at radius 1 is 1.02 bits per heavy atom. The van der Waals surface area contributed by atoms with Crippen molar-refractivity contribution >= 4 is 29.6 Å². The van der Waals surface area contributed by atoms with Gasteiger partial charge in [0.25, 0.3) is 0 Å². The Balaban J connectivity index is 1.88. The van der Waals surface area contributed by atoms with Gasteiger partial charge in [0.2, 0.25) is 0 Å². The van der Waals surface area contributed by atoms with Crippen LogP contribution in [0.15, 0.2) is 0 Å². The summed E-state index contributed by atoms with van der Waals surface area (Å²) >= 11 is 0. The highest BCUT2D eigenvalue weighted by Gasteiger charge is 2.60. The molecule has 0 unspecified atom stereocenters. The normalized spacial score (nSPS) is 43.7. The molecule has 0 N–H and O–H groups in total. The topological polar surface area (TPSA) is 156 Å². The van der Waals surface area contributed by atoms with E-state index in [2.05, 4.69) is 0 Å².